The van der Waals surface area contributed by atoms with Crippen LogP contribution in [0.15, 0.2) is 71.6 Å². The van der Waals surface area contributed by atoms with E-state index in [0.29, 0.717) is 33.8 Å². The van der Waals surface area contributed by atoms with Gasteiger partial charge in [-0.05, 0) is 60.9 Å². The summed E-state index contributed by atoms with van der Waals surface area (Å²) in [5.74, 6) is 0.866. The molecule has 0 spiro atoms. The zero-order valence-electron chi connectivity index (χ0n) is 18.9. The van der Waals surface area contributed by atoms with E-state index in [2.05, 4.69) is 5.32 Å². The highest BCUT2D eigenvalue weighted by molar-refractivity contribution is 7.98. The molecule has 180 valence electrons. The van der Waals surface area contributed by atoms with Crippen molar-refractivity contribution in [2.45, 2.75) is 24.5 Å². The van der Waals surface area contributed by atoms with Gasteiger partial charge in [-0.1, -0.05) is 59.6 Å². The molecule has 1 amide bonds. The van der Waals surface area contributed by atoms with E-state index in [1.54, 1.807) is 54.2 Å². The van der Waals surface area contributed by atoms with Gasteiger partial charge in [-0.3, -0.25) is 9.10 Å². The fraction of sp³-hybridized carbons (Fsp3) is 0.240. The minimum absolute atomic E-state index is 0.135. The van der Waals surface area contributed by atoms with Crippen molar-refractivity contribution >= 4 is 56.6 Å². The van der Waals surface area contributed by atoms with E-state index < -0.39 is 10.0 Å². The van der Waals surface area contributed by atoms with Crippen LogP contribution in [0.1, 0.15) is 16.7 Å². The molecular weight excluding hydrogens is 511 g/mol. The van der Waals surface area contributed by atoms with Crippen LogP contribution < -0.4 is 9.62 Å². The van der Waals surface area contributed by atoms with Crippen molar-refractivity contribution in [2.75, 3.05) is 23.1 Å². The van der Waals surface area contributed by atoms with Gasteiger partial charge in [0.25, 0.3) is 10.0 Å². The lowest BCUT2D eigenvalue weighted by molar-refractivity contribution is -0.119. The second-order valence-electron chi connectivity index (χ2n) is 7.72. The summed E-state index contributed by atoms with van der Waals surface area (Å²) in [5.41, 5.74) is 3.02. The van der Waals surface area contributed by atoms with Crippen LogP contribution in [0.25, 0.3) is 0 Å². The van der Waals surface area contributed by atoms with Crippen LogP contribution in [0.5, 0.6) is 0 Å². The van der Waals surface area contributed by atoms with Crippen LogP contribution in [-0.4, -0.2) is 33.2 Å². The molecule has 1 N–H and O–H groups in total. The number of hydrogen-bond acceptors (Lipinski definition) is 4. The van der Waals surface area contributed by atoms with Gasteiger partial charge in [-0.2, -0.15) is 11.8 Å². The number of anilines is 1. The molecule has 34 heavy (non-hydrogen) atoms. The molecule has 0 unspecified atom stereocenters. The smallest absolute Gasteiger partial charge is 0.264 e. The maximum atomic E-state index is 13.4. The fourth-order valence-electron chi connectivity index (χ4n) is 3.30. The quantitative estimate of drug-likeness (QED) is 0.329. The molecule has 0 aromatic heterocycles. The van der Waals surface area contributed by atoms with E-state index in [1.165, 1.54) is 16.4 Å². The van der Waals surface area contributed by atoms with Gasteiger partial charge < -0.3 is 5.32 Å². The Morgan fingerprint density at radius 2 is 1.65 bits per heavy atom. The molecule has 5 nitrogen and oxygen atoms in total. The van der Waals surface area contributed by atoms with Gasteiger partial charge >= 0.3 is 0 Å². The summed E-state index contributed by atoms with van der Waals surface area (Å²) in [6.07, 6.45) is 0. The van der Waals surface area contributed by atoms with E-state index in [0.717, 1.165) is 16.7 Å². The number of halogens is 2. The molecular formula is C25H26Cl2N2O3S2. The first-order valence-corrected chi connectivity index (χ1v) is 14.0. The predicted molar refractivity (Wildman–Crippen MR) is 143 cm³/mol. The number of nitrogens with zero attached hydrogens (tertiary/aromatic N) is 1. The molecule has 0 bridgehead atoms. The molecule has 0 heterocycles. The van der Waals surface area contributed by atoms with Gasteiger partial charge in [-0.15, -0.1) is 0 Å². The zero-order chi connectivity index (χ0) is 24.7. The average Bonchev–Trinajstić information content (AvgIpc) is 2.81. The number of carbonyl (C=O) groups is 1. The molecule has 0 aliphatic heterocycles. The van der Waals surface area contributed by atoms with Crippen LogP contribution >= 0.6 is 35.0 Å². The molecule has 0 aliphatic carbocycles. The standard InChI is InChI=1S/C25H26Cl2N2O3S2/c1-18-11-12-19(2)24(15-18)29(34(31,32)20-7-4-3-5-8-20)16-25(30)28-13-14-33-17-21-22(26)9-6-10-23(21)27/h3-12,15H,13-14,16-17H2,1-2H3,(H,28,30). The molecule has 3 aromatic rings. The van der Waals surface area contributed by atoms with Gasteiger partial charge in [0.2, 0.25) is 5.91 Å². The maximum absolute atomic E-state index is 13.4. The largest absolute Gasteiger partial charge is 0.354 e. The highest BCUT2D eigenvalue weighted by Crippen LogP contribution is 2.29. The molecule has 3 rings (SSSR count). The Hall–Kier alpha value is -2.19. The van der Waals surface area contributed by atoms with Gasteiger partial charge in [0.05, 0.1) is 10.6 Å². The molecule has 0 fully saturated rings. The van der Waals surface area contributed by atoms with Gasteiger partial charge in [0.15, 0.2) is 0 Å². The number of carbonyl (C=O) groups excluding carboxylic acids is 1. The summed E-state index contributed by atoms with van der Waals surface area (Å²) in [7, 11) is -3.93. The maximum Gasteiger partial charge on any atom is 0.264 e. The van der Waals surface area contributed by atoms with E-state index in [1.807, 2.05) is 26.0 Å². The molecule has 0 saturated heterocycles. The third-order valence-corrected chi connectivity index (χ3v) is 8.60. The van der Waals surface area contributed by atoms with E-state index in [4.69, 9.17) is 23.2 Å². The number of nitrogens with one attached hydrogen (secondary N) is 1. The first kappa shape index (κ1) is 26.4. The third kappa shape index (κ3) is 6.69. The van der Waals surface area contributed by atoms with E-state index in [-0.39, 0.29) is 17.3 Å². The van der Waals surface area contributed by atoms with Gasteiger partial charge in [0.1, 0.15) is 6.54 Å². The number of aryl methyl sites for hydroxylation is 2. The summed E-state index contributed by atoms with van der Waals surface area (Å²) in [6.45, 7) is 3.79. The molecule has 0 saturated carbocycles. The van der Waals surface area contributed by atoms with Crippen molar-refractivity contribution in [1.29, 1.82) is 0 Å². The lowest BCUT2D eigenvalue weighted by atomic mass is 10.1. The topological polar surface area (TPSA) is 66.5 Å². The fourth-order valence-corrected chi connectivity index (χ4v) is 6.39. The highest BCUT2D eigenvalue weighted by atomic mass is 35.5. The number of rotatable bonds is 10. The molecule has 0 atom stereocenters. The predicted octanol–water partition coefficient (Wildman–Crippen LogP) is 5.86. The molecule has 3 aromatic carbocycles. The Morgan fingerprint density at radius 3 is 2.32 bits per heavy atom. The number of hydrogen-bond donors (Lipinski definition) is 1. The minimum Gasteiger partial charge on any atom is -0.354 e. The van der Waals surface area contributed by atoms with E-state index >= 15 is 0 Å². The summed E-state index contributed by atoms with van der Waals surface area (Å²) in [4.78, 5) is 12.9. The summed E-state index contributed by atoms with van der Waals surface area (Å²) in [5, 5.41) is 4.05. The molecule has 9 heteroatoms. The third-order valence-electron chi connectivity index (χ3n) is 5.13. The number of thioether (sulfide) groups is 1. The van der Waals surface area contributed by atoms with Crippen LogP contribution in [0.4, 0.5) is 5.69 Å². The van der Waals surface area contributed by atoms with Gasteiger partial charge in [-0.25, -0.2) is 8.42 Å². The summed E-state index contributed by atoms with van der Waals surface area (Å²) in [6, 6.07) is 19.1. The van der Waals surface area contributed by atoms with Crippen molar-refractivity contribution in [3.05, 3.63) is 93.5 Å². The van der Waals surface area contributed by atoms with Crippen molar-refractivity contribution in [3.63, 3.8) is 0 Å². The van der Waals surface area contributed by atoms with Crippen molar-refractivity contribution in [3.8, 4) is 0 Å². The Morgan fingerprint density at radius 1 is 0.971 bits per heavy atom. The van der Waals surface area contributed by atoms with Crippen LogP contribution in [0, 0.1) is 13.8 Å². The number of benzene rings is 3. The number of amides is 1. The van der Waals surface area contributed by atoms with Crippen molar-refractivity contribution < 1.29 is 13.2 Å². The van der Waals surface area contributed by atoms with Crippen molar-refractivity contribution in [1.82, 2.24) is 5.32 Å². The lowest BCUT2D eigenvalue weighted by Gasteiger charge is -2.26. The second-order valence-corrected chi connectivity index (χ2v) is 11.5. The highest BCUT2D eigenvalue weighted by Gasteiger charge is 2.28. The van der Waals surface area contributed by atoms with Crippen LogP contribution in [0.3, 0.4) is 0 Å². The lowest BCUT2D eigenvalue weighted by Crippen LogP contribution is -2.41. The monoisotopic (exact) mass is 536 g/mol. The molecule has 0 aliphatic rings. The minimum atomic E-state index is -3.93. The Balaban J connectivity index is 1.68. The number of sulfonamides is 1. The summed E-state index contributed by atoms with van der Waals surface area (Å²) >= 11 is 14.0. The first-order valence-electron chi connectivity index (χ1n) is 10.6. The molecule has 0 radical (unpaired) electrons. The van der Waals surface area contributed by atoms with Crippen molar-refractivity contribution in [2.24, 2.45) is 0 Å². The second kappa shape index (κ2) is 12.0. The SMILES string of the molecule is Cc1ccc(C)c(N(CC(=O)NCCSCc2c(Cl)cccc2Cl)S(=O)(=O)c2ccccc2)c1. The van der Waals surface area contributed by atoms with Crippen LogP contribution in [-0.2, 0) is 20.6 Å². The summed E-state index contributed by atoms with van der Waals surface area (Å²) < 4.78 is 28.1. The Kier molecular flexibility index (Phi) is 9.31. The van der Waals surface area contributed by atoms with Gasteiger partial charge in [0, 0.05) is 28.1 Å². The Bertz CT molecular complexity index is 1230. The normalized spacial score (nSPS) is 11.3. The average molecular weight is 538 g/mol. The first-order chi connectivity index (χ1) is 16.2. The zero-order valence-corrected chi connectivity index (χ0v) is 22.1. The Labute approximate surface area is 215 Å². The van der Waals surface area contributed by atoms with Crippen LogP contribution in [0.2, 0.25) is 10.0 Å². The van der Waals surface area contributed by atoms with E-state index in [9.17, 15) is 13.2 Å².